The van der Waals surface area contributed by atoms with Crippen LogP contribution >= 0.6 is 11.6 Å². The summed E-state index contributed by atoms with van der Waals surface area (Å²) in [5, 5.41) is 0. The second-order valence-electron chi connectivity index (χ2n) is 4.84. The topological polar surface area (TPSA) is 3.24 Å². The molecule has 0 atom stereocenters. The average molecular weight is 232 g/mol. The third kappa shape index (κ3) is 4.74. The number of nitrogens with zero attached hydrogens (tertiary/aromatic N) is 1. The molecule has 0 unspecified atom stereocenters. The number of alkyl halides is 1. The van der Waals surface area contributed by atoms with Gasteiger partial charge in [-0.3, -0.25) is 0 Å². The van der Waals surface area contributed by atoms with Crippen LogP contribution in [0.15, 0.2) is 0 Å². The molecular weight excluding hydrogens is 206 g/mol. The van der Waals surface area contributed by atoms with Crippen molar-refractivity contribution in [3.8, 4) is 0 Å². The first-order valence-corrected chi connectivity index (χ1v) is 6.99. The Morgan fingerprint density at radius 2 is 1.67 bits per heavy atom. The van der Waals surface area contributed by atoms with Gasteiger partial charge in [0.25, 0.3) is 0 Å². The first kappa shape index (κ1) is 13.3. The van der Waals surface area contributed by atoms with Gasteiger partial charge in [0.15, 0.2) is 0 Å². The van der Waals surface area contributed by atoms with Gasteiger partial charge < -0.3 is 4.90 Å². The molecule has 0 spiro atoms. The van der Waals surface area contributed by atoms with Gasteiger partial charge in [-0.05, 0) is 45.3 Å². The second kappa shape index (κ2) is 6.75. The Morgan fingerprint density at radius 3 is 2.20 bits per heavy atom. The van der Waals surface area contributed by atoms with Gasteiger partial charge in [-0.15, -0.1) is 11.6 Å². The summed E-state index contributed by atoms with van der Waals surface area (Å²) in [5.41, 5.74) is 0. The number of halogens is 1. The minimum Gasteiger partial charge on any atom is -0.304 e. The molecule has 0 amide bonds. The van der Waals surface area contributed by atoms with Gasteiger partial charge in [-0.1, -0.05) is 33.1 Å². The van der Waals surface area contributed by atoms with Crippen LogP contribution in [0, 0.1) is 0 Å². The molecule has 0 radical (unpaired) electrons. The van der Waals surface area contributed by atoms with E-state index in [0.29, 0.717) is 0 Å². The summed E-state index contributed by atoms with van der Waals surface area (Å²) in [4.78, 5) is 2.65. The van der Waals surface area contributed by atoms with Gasteiger partial charge in [0.05, 0.1) is 0 Å². The molecule has 0 N–H and O–H groups in total. The Kier molecular flexibility index (Phi) is 5.99. The van der Waals surface area contributed by atoms with Crippen molar-refractivity contribution in [3.63, 3.8) is 0 Å². The Balaban J connectivity index is 2.17. The molecule has 0 bridgehead atoms. The third-order valence-corrected chi connectivity index (χ3v) is 4.31. The Hall–Kier alpha value is 0.250. The Labute approximate surface area is 100 Å². The van der Waals surface area contributed by atoms with E-state index < -0.39 is 0 Å². The van der Waals surface area contributed by atoms with Crippen LogP contribution in [0.25, 0.3) is 0 Å². The van der Waals surface area contributed by atoms with E-state index in [1.807, 2.05) is 0 Å². The largest absolute Gasteiger partial charge is 0.304 e. The van der Waals surface area contributed by atoms with E-state index in [1.54, 1.807) is 0 Å². The lowest BCUT2D eigenvalue weighted by Gasteiger charge is -2.31. The van der Waals surface area contributed by atoms with Crippen molar-refractivity contribution in [1.29, 1.82) is 0 Å². The Bertz CT molecular complexity index is 160. The summed E-state index contributed by atoms with van der Waals surface area (Å²) < 4.78 is 0. The normalized spacial score (nSPS) is 20.8. The summed E-state index contributed by atoms with van der Waals surface area (Å²) in [7, 11) is 0. The molecule has 1 aliphatic carbocycles. The second-order valence-corrected chi connectivity index (χ2v) is 5.64. The molecule has 2 heteroatoms. The average Bonchev–Trinajstić information content (AvgIpc) is 2.25. The van der Waals surface area contributed by atoms with Crippen LogP contribution in [0.1, 0.15) is 58.8 Å². The SMILES string of the molecule is CCN(CC)CCCC1(Cl)CCCCC1. The zero-order valence-corrected chi connectivity index (χ0v) is 11.2. The summed E-state index contributed by atoms with van der Waals surface area (Å²) in [6.07, 6.45) is 9.05. The van der Waals surface area contributed by atoms with Crippen molar-refractivity contribution in [1.82, 2.24) is 4.90 Å². The molecular formula is C13H26ClN. The molecule has 1 saturated carbocycles. The monoisotopic (exact) mass is 231 g/mol. The van der Waals surface area contributed by atoms with Crippen LogP contribution in [-0.2, 0) is 0 Å². The van der Waals surface area contributed by atoms with Crippen LogP contribution in [-0.4, -0.2) is 29.4 Å². The van der Waals surface area contributed by atoms with Crippen LogP contribution in [0.3, 0.4) is 0 Å². The molecule has 0 heterocycles. The predicted octanol–water partition coefficient (Wildman–Crippen LogP) is 4.05. The van der Waals surface area contributed by atoms with Crippen molar-refractivity contribution in [2.45, 2.75) is 63.7 Å². The molecule has 90 valence electrons. The van der Waals surface area contributed by atoms with Crippen molar-refractivity contribution in [3.05, 3.63) is 0 Å². The van der Waals surface area contributed by atoms with Gasteiger partial charge in [0, 0.05) is 4.87 Å². The predicted molar refractivity (Wildman–Crippen MR) is 68.7 cm³/mol. The van der Waals surface area contributed by atoms with Gasteiger partial charge in [-0.25, -0.2) is 0 Å². The van der Waals surface area contributed by atoms with Crippen LogP contribution in [0.4, 0.5) is 0 Å². The van der Waals surface area contributed by atoms with Crippen molar-refractivity contribution in [2.75, 3.05) is 19.6 Å². The first-order chi connectivity index (χ1) is 7.20. The van der Waals surface area contributed by atoms with Gasteiger partial charge in [0.2, 0.25) is 0 Å². The zero-order valence-electron chi connectivity index (χ0n) is 10.4. The summed E-state index contributed by atoms with van der Waals surface area (Å²) >= 11 is 6.63. The fraction of sp³-hybridized carbons (Fsp3) is 1.00. The highest BCUT2D eigenvalue weighted by molar-refractivity contribution is 6.23. The summed E-state index contributed by atoms with van der Waals surface area (Å²) in [6.45, 7) is 8.04. The molecule has 0 aromatic heterocycles. The standard InChI is InChI=1S/C13H26ClN/c1-3-15(4-2)12-8-11-13(14)9-6-5-7-10-13/h3-12H2,1-2H3. The van der Waals surface area contributed by atoms with E-state index >= 15 is 0 Å². The van der Waals surface area contributed by atoms with Crippen molar-refractivity contribution >= 4 is 11.6 Å². The smallest absolute Gasteiger partial charge is 0.0447 e. The van der Waals surface area contributed by atoms with E-state index in [0.717, 1.165) is 0 Å². The minimum atomic E-state index is 0.158. The molecule has 1 nitrogen and oxygen atoms in total. The first-order valence-electron chi connectivity index (χ1n) is 6.61. The lowest BCUT2D eigenvalue weighted by molar-refractivity contribution is 0.277. The number of rotatable bonds is 6. The number of hydrogen-bond acceptors (Lipinski definition) is 1. The van der Waals surface area contributed by atoms with E-state index in [4.69, 9.17) is 11.6 Å². The molecule has 0 aliphatic heterocycles. The van der Waals surface area contributed by atoms with Gasteiger partial charge in [-0.2, -0.15) is 0 Å². The lowest BCUT2D eigenvalue weighted by atomic mass is 9.85. The van der Waals surface area contributed by atoms with Crippen molar-refractivity contribution < 1.29 is 0 Å². The highest BCUT2D eigenvalue weighted by Gasteiger charge is 2.28. The molecule has 15 heavy (non-hydrogen) atoms. The van der Waals surface area contributed by atoms with Crippen LogP contribution < -0.4 is 0 Å². The molecule has 0 aromatic rings. The van der Waals surface area contributed by atoms with Crippen LogP contribution in [0.2, 0.25) is 0 Å². The molecule has 1 aliphatic rings. The maximum atomic E-state index is 6.63. The fourth-order valence-corrected chi connectivity index (χ4v) is 3.00. The third-order valence-electron chi connectivity index (χ3n) is 3.74. The molecule has 0 saturated heterocycles. The molecule has 1 fully saturated rings. The van der Waals surface area contributed by atoms with E-state index in [1.165, 1.54) is 64.6 Å². The van der Waals surface area contributed by atoms with Crippen LogP contribution in [0.5, 0.6) is 0 Å². The highest BCUT2D eigenvalue weighted by Crippen LogP contribution is 2.37. The highest BCUT2D eigenvalue weighted by atomic mass is 35.5. The maximum absolute atomic E-state index is 6.63. The van der Waals surface area contributed by atoms with Crippen molar-refractivity contribution in [2.24, 2.45) is 0 Å². The quantitative estimate of drug-likeness (QED) is 0.624. The number of hydrogen-bond donors (Lipinski definition) is 0. The lowest BCUT2D eigenvalue weighted by Crippen LogP contribution is -2.28. The fourth-order valence-electron chi connectivity index (χ4n) is 2.59. The Morgan fingerprint density at radius 1 is 1.07 bits per heavy atom. The summed E-state index contributed by atoms with van der Waals surface area (Å²) in [5.74, 6) is 0. The maximum Gasteiger partial charge on any atom is 0.0447 e. The van der Waals surface area contributed by atoms with E-state index in [9.17, 15) is 0 Å². The van der Waals surface area contributed by atoms with E-state index in [2.05, 4.69) is 18.7 Å². The van der Waals surface area contributed by atoms with Gasteiger partial charge >= 0.3 is 0 Å². The molecule has 0 aromatic carbocycles. The van der Waals surface area contributed by atoms with Gasteiger partial charge in [0.1, 0.15) is 0 Å². The molecule has 1 rings (SSSR count). The van der Waals surface area contributed by atoms with E-state index in [-0.39, 0.29) is 4.87 Å². The summed E-state index contributed by atoms with van der Waals surface area (Å²) in [6, 6.07) is 0. The zero-order chi connectivity index (χ0) is 11.1. The minimum absolute atomic E-state index is 0.158.